The maximum atomic E-state index is 3.44. The summed E-state index contributed by atoms with van der Waals surface area (Å²) >= 11 is 0. The van der Waals surface area contributed by atoms with Crippen molar-refractivity contribution in [1.82, 2.24) is 0 Å². The Morgan fingerprint density at radius 1 is 0.625 bits per heavy atom. The SMILES string of the molecule is C/C=C\C=C/c1ccc(Nc2ccc(-c3ccccc3)cc2)cc1. The van der Waals surface area contributed by atoms with Crippen molar-refractivity contribution < 1.29 is 0 Å². The van der Waals surface area contributed by atoms with E-state index in [1.54, 1.807) is 0 Å². The van der Waals surface area contributed by atoms with Crippen LogP contribution in [0.1, 0.15) is 12.5 Å². The fraction of sp³-hybridized carbons (Fsp3) is 0.0435. The van der Waals surface area contributed by atoms with E-state index in [1.807, 2.05) is 31.2 Å². The average Bonchev–Trinajstić information content (AvgIpc) is 2.65. The van der Waals surface area contributed by atoms with E-state index in [9.17, 15) is 0 Å². The number of anilines is 2. The average molecular weight is 311 g/mol. The second kappa shape index (κ2) is 7.98. The van der Waals surface area contributed by atoms with Gasteiger partial charge in [-0.25, -0.2) is 0 Å². The zero-order valence-corrected chi connectivity index (χ0v) is 13.8. The molecule has 0 spiro atoms. The fourth-order valence-corrected chi connectivity index (χ4v) is 2.50. The van der Waals surface area contributed by atoms with Crippen molar-refractivity contribution >= 4 is 17.5 Å². The van der Waals surface area contributed by atoms with Crippen LogP contribution >= 0.6 is 0 Å². The predicted molar refractivity (Wildman–Crippen MR) is 105 cm³/mol. The quantitative estimate of drug-likeness (QED) is 0.518. The Hall–Kier alpha value is -3.06. The molecule has 0 saturated carbocycles. The van der Waals surface area contributed by atoms with Crippen LogP contribution in [0, 0.1) is 0 Å². The first-order valence-corrected chi connectivity index (χ1v) is 8.17. The van der Waals surface area contributed by atoms with Crippen molar-refractivity contribution in [2.24, 2.45) is 0 Å². The van der Waals surface area contributed by atoms with Crippen LogP contribution in [0.25, 0.3) is 17.2 Å². The summed E-state index contributed by atoms with van der Waals surface area (Å²) in [6.07, 6.45) is 8.19. The van der Waals surface area contributed by atoms with Crippen molar-refractivity contribution in [1.29, 1.82) is 0 Å². The Morgan fingerprint density at radius 2 is 1.21 bits per heavy atom. The first kappa shape index (κ1) is 15.8. The summed E-state index contributed by atoms with van der Waals surface area (Å²) in [5.41, 5.74) is 5.84. The minimum absolute atomic E-state index is 1.09. The summed E-state index contributed by atoms with van der Waals surface area (Å²) in [5.74, 6) is 0. The topological polar surface area (TPSA) is 12.0 Å². The van der Waals surface area contributed by atoms with Gasteiger partial charge < -0.3 is 5.32 Å². The highest BCUT2D eigenvalue weighted by Crippen LogP contribution is 2.23. The monoisotopic (exact) mass is 311 g/mol. The molecule has 3 rings (SSSR count). The lowest BCUT2D eigenvalue weighted by molar-refractivity contribution is 1.53. The Labute approximate surface area is 144 Å². The summed E-state index contributed by atoms with van der Waals surface area (Å²) in [6.45, 7) is 2.01. The minimum Gasteiger partial charge on any atom is -0.356 e. The lowest BCUT2D eigenvalue weighted by Crippen LogP contribution is -1.90. The van der Waals surface area contributed by atoms with Crippen LogP contribution in [0.3, 0.4) is 0 Å². The zero-order chi connectivity index (χ0) is 16.6. The summed E-state index contributed by atoms with van der Waals surface area (Å²) in [6, 6.07) is 27.4. The molecule has 0 fully saturated rings. The van der Waals surface area contributed by atoms with Gasteiger partial charge >= 0.3 is 0 Å². The van der Waals surface area contributed by atoms with Crippen LogP contribution in [0.4, 0.5) is 11.4 Å². The maximum Gasteiger partial charge on any atom is 0.0384 e. The van der Waals surface area contributed by atoms with Gasteiger partial charge in [-0.15, -0.1) is 0 Å². The highest BCUT2D eigenvalue weighted by atomic mass is 14.9. The molecule has 3 aromatic carbocycles. The van der Waals surface area contributed by atoms with Crippen LogP contribution in [0.5, 0.6) is 0 Å². The van der Waals surface area contributed by atoms with Gasteiger partial charge in [-0.3, -0.25) is 0 Å². The normalized spacial score (nSPS) is 11.2. The molecule has 24 heavy (non-hydrogen) atoms. The largest absolute Gasteiger partial charge is 0.356 e. The van der Waals surface area contributed by atoms with Crippen molar-refractivity contribution in [2.75, 3.05) is 5.32 Å². The molecule has 118 valence electrons. The molecule has 0 aromatic heterocycles. The lowest BCUT2D eigenvalue weighted by Gasteiger charge is -2.08. The Kier molecular flexibility index (Phi) is 5.26. The molecule has 0 aliphatic rings. The number of hydrogen-bond donors (Lipinski definition) is 1. The van der Waals surface area contributed by atoms with Crippen LogP contribution in [0.15, 0.2) is 97.1 Å². The van der Waals surface area contributed by atoms with Gasteiger partial charge in [0.2, 0.25) is 0 Å². The molecule has 0 aliphatic carbocycles. The molecule has 1 N–H and O–H groups in total. The van der Waals surface area contributed by atoms with E-state index in [-0.39, 0.29) is 0 Å². The van der Waals surface area contributed by atoms with Gasteiger partial charge in [-0.2, -0.15) is 0 Å². The first-order chi connectivity index (χ1) is 11.8. The van der Waals surface area contributed by atoms with Crippen molar-refractivity contribution in [2.45, 2.75) is 6.92 Å². The van der Waals surface area contributed by atoms with Crippen LogP contribution in [-0.4, -0.2) is 0 Å². The molecular formula is C23H21N. The smallest absolute Gasteiger partial charge is 0.0384 e. The molecule has 0 saturated heterocycles. The van der Waals surface area contributed by atoms with Crippen molar-refractivity contribution in [3.05, 3.63) is 103 Å². The maximum absolute atomic E-state index is 3.44. The molecule has 3 aromatic rings. The lowest BCUT2D eigenvalue weighted by atomic mass is 10.1. The van der Waals surface area contributed by atoms with E-state index in [2.05, 4.69) is 84.2 Å². The summed E-state index contributed by atoms with van der Waals surface area (Å²) in [7, 11) is 0. The number of hydrogen-bond acceptors (Lipinski definition) is 1. The Morgan fingerprint density at radius 3 is 1.83 bits per heavy atom. The van der Waals surface area contributed by atoms with Gasteiger partial charge in [0.05, 0.1) is 0 Å². The van der Waals surface area contributed by atoms with E-state index < -0.39 is 0 Å². The van der Waals surface area contributed by atoms with Gasteiger partial charge in [0, 0.05) is 11.4 Å². The summed E-state index contributed by atoms with van der Waals surface area (Å²) < 4.78 is 0. The second-order valence-corrected chi connectivity index (χ2v) is 5.58. The van der Waals surface area contributed by atoms with E-state index in [1.165, 1.54) is 16.7 Å². The number of allylic oxidation sites excluding steroid dienone is 3. The molecule has 0 heterocycles. The van der Waals surface area contributed by atoms with Gasteiger partial charge in [0.15, 0.2) is 0 Å². The molecule has 0 amide bonds. The Balaban J connectivity index is 1.68. The van der Waals surface area contributed by atoms with Crippen LogP contribution < -0.4 is 5.32 Å². The molecule has 1 heteroatoms. The molecule has 1 nitrogen and oxygen atoms in total. The third-order valence-corrected chi connectivity index (χ3v) is 3.78. The standard InChI is InChI=1S/C23H21N/c1-2-3-5-8-19-11-15-22(16-12-19)24-23-17-13-21(14-18-23)20-9-6-4-7-10-20/h2-18,24H,1H3/b3-2-,8-5-. The fourth-order valence-electron chi connectivity index (χ4n) is 2.50. The second-order valence-electron chi connectivity index (χ2n) is 5.58. The van der Waals surface area contributed by atoms with Gasteiger partial charge in [0.1, 0.15) is 0 Å². The van der Waals surface area contributed by atoms with E-state index in [0.29, 0.717) is 0 Å². The highest BCUT2D eigenvalue weighted by Gasteiger charge is 1.98. The number of nitrogens with one attached hydrogen (secondary N) is 1. The van der Waals surface area contributed by atoms with Crippen LogP contribution in [0.2, 0.25) is 0 Å². The number of rotatable bonds is 5. The van der Waals surface area contributed by atoms with Crippen molar-refractivity contribution in [3.63, 3.8) is 0 Å². The third kappa shape index (κ3) is 4.23. The van der Waals surface area contributed by atoms with E-state index in [0.717, 1.165) is 11.4 Å². The minimum atomic E-state index is 1.09. The van der Waals surface area contributed by atoms with Gasteiger partial charge in [-0.05, 0) is 47.9 Å². The van der Waals surface area contributed by atoms with E-state index >= 15 is 0 Å². The van der Waals surface area contributed by atoms with E-state index in [4.69, 9.17) is 0 Å². The molecule has 0 aliphatic heterocycles. The summed E-state index contributed by atoms with van der Waals surface area (Å²) in [4.78, 5) is 0. The summed E-state index contributed by atoms with van der Waals surface area (Å²) in [5, 5.41) is 3.44. The van der Waals surface area contributed by atoms with Gasteiger partial charge in [0.25, 0.3) is 0 Å². The van der Waals surface area contributed by atoms with Crippen molar-refractivity contribution in [3.8, 4) is 11.1 Å². The molecule has 0 bridgehead atoms. The van der Waals surface area contributed by atoms with Gasteiger partial charge in [-0.1, -0.05) is 78.9 Å². The molecule has 0 unspecified atom stereocenters. The molecular weight excluding hydrogens is 290 g/mol. The molecule has 0 atom stereocenters. The third-order valence-electron chi connectivity index (χ3n) is 3.78. The number of benzene rings is 3. The predicted octanol–water partition coefficient (Wildman–Crippen LogP) is 6.69. The first-order valence-electron chi connectivity index (χ1n) is 8.17. The highest BCUT2D eigenvalue weighted by molar-refractivity contribution is 5.68. The molecule has 0 radical (unpaired) electrons. The Bertz CT molecular complexity index is 810. The van der Waals surface area contributed by atoms with Crippen LogP contribution in [-0.2, 0) is 0 Å². The zero-order valence-electron chi connectivity index (χ0n) is 13.8.